The smallest absolute Gasteiger partial charge is 0.356 e. The summed E-state index contributed by atoms with van der Waals surface area (Å²) >= 11 is 0.784. The number of aromatic nitrogens is 1. The molecule has 6 heteroatoms. The third kappa shape index (κ3) is 2.33. The first kappa shape index (κ1) is 12.5. The molecular weight excluding hydrogens is 257 g/mol. The first-order valence-corrected chi connectivity index (χ1v) is 6.10. The van der Waals surface area contributed by atoms with E-state index in [1.54, 1.807) is 13.0 Å². The summed E-state index contributed by atoms with van der Waals surface area (Å²) in [5, 5.41) is 0. The van der Waals surface area contributed by atoms with Crippen LogP contribution in [-0.4, -0.2) is 17.6 Å². The van der Waals surface area contributed by atoms with Crippen molar-refractivity contribution in [2.75, 3.05) is 6.61 Å². The number of carbonyl (C=O) groups excluding carboxylic acids is 1. The van der Waals surface area contributed by atoms with Crippen LogP contribution in [0.2, 0.25) is 0 Å². The summed E-state index contributed by atoms with van der Waals surface area (Å²) in [6.07, 6.45) is 0. The van der Waals surface area contributed by atoms with Crippen LogP contribution >= 0.6 is 11.3 Å². The minimum atomic E-state index is -0.658. The number of esters is 1. The molecule has 0 bridgehead atoms. The molecule has 0 spiro atoms. The van der Waals surface area contributed by atoms with Gasteiger partial charge in [0, 0.05) is 5.56 Å². The van der Waals surface area contributed by atoms with Gasteiger partial charge >= 0.3 is 10.8 Å². The van der Waals surface area contributed by atoms with E-state index in [9.17, 15) is 14.0 Å². The minimum absolute atomic E-state index is 0.00282. The molecule has 2 rings (SSSR count). The average Bonchev–Trinajstić information content (AvgIpc) is 2.72. The molecule has 0 aliphatic rings. The normalized spacial score (nSPS) is 10.3. The minimum Gasteiger partial charge on any atom is -0.461 e. The summed E-state index contributed by atoms with van der Waals surface area (Å²) in [6.45, 7) is 1.85. The Morgan fingerprint density at radius 1 is 1.44 bits per heavy atom. The van der Waals surface area contributed by atoms with Crippen LogP contribution in [0.15, 0.2) is 29.1 Å². The number of halogens is 1. The number of H-pyrrole nitrogens is 1. The number of nitrogens with one attached hydrogen (secondary N) is 1. The van der Waals surface area contributed by atoms with E-state index in [4.69, 9.17) is 4.74 Å². The molecule has 1 aromatic heterocycles. The second-order valence-corrected chi connectivity index (χ2v) is 4.40. The molecule has 0 saturated carbocycles. The van der Waals surface area contributed by atoms with Crippen LogP contribution in [-0.2, 0) is 4.74 Å². The van der Waals surface area contributed by atoms with Crippen LogP contribution in [0.1, 0.15) is 17.4 Å². The Morgan fingerprint density at radius 3 is 2.83 bits per heavy atom. The molecule has 0 aliphatic carbocycles. The van der Waals surface area contributed by atoms with Gasteiger partial charge in [-0.3, -0.25) is 4.79 Å². The second-order valence-electron chi connectivity index (χ2n) is 3.42. The standard InChI is InChI=1S/C12H10FNO3S/c1-2-17-11(15)9-10(18-12(16)14-9)7-5-3-4-6-8(7)13/h3-6H,2H2,1H3,(H,14,16). The number of ether oxygens (including phenoxy) is 1. The van der Waals surface area contributed by atoms with Crippen molar-refractivity contribution in [2.24, 2.45) is 0 Å². The predicted molar refractivity (Wildman–Crippen MR) is 66.3 cm³/mol. The highest BCUT2D eigenvalue weighted by Gasteiger charge is 2.20. The first-order valence-electron chi connectivity index (χ1n) is 5.28. The maximum atomic E-state index is 13.7. The van der Waals surface area contributed by atoms with Gasteiger partial charge in [0.25, 0.3) is 0 Å². The van der Waals surface area contributed by atoms with E-state index in [1.807, 2.05) is 0 Å². The molecule has 1 N–H and O–H groups in total. The number of aromatic amines is 1. The SMILES string of the molecule is CCOC(=O)c1[nH]c(=O)sc1-c1ccccc1F. The number of benzene rings is 1. The fourth-order valence-corrected chi connectivity index (χ4v) is 2.36. The molecule has 1 heterocycles. The van der Waals surface area contributed by atoms with Crippen molar-refractivity contribution in [2.45, 2.75) is 6.92 Å². The molecule has 0 radical (unpaired) electrons. The highest BCUT2D eigenvalue weighted by atomic mass is 32.1. The van der Waals surface area contributed by atoms with Crippen LogP contribution < -0.4 is 4.87 Å². The van der Waals surface area contributed by atoms with Crippen molar-refractivity contribution < 1.29 is 13.9 Å². The Morgan fingerprint density at radius 2 is 2.17 bits per heavy atom. The maximum Gasteiger partial charge on any atom is 0.356 e. The van der Waals surface area contributed by atoms with Gasteiger partial charge in [0.15, 0.2) is 0 Å². The fraction of sp³-hybridized carbons (Fsp3) is 0.167. The third-order valence-corrected chi connectivity index (χ3v) is 3.16. The van der Waals surface area contributed by atoms with Gasteiger partial charge in [-0.15, -0.1) is 0 Å². The zero-order valence-corrected chi connectivity index (χ0v) is 10.3. The molecule has 94 valence electrons. The summed E-state index contributed by atoms with van der Waals surface area (Å²) in [4.78, 5) is 25.2. The zero-order chi connectivity index (χ0) is 13.1. The van der Waals surface area contributed by atoms with Gasteiger partial charge in [-0.05, 0) is 13.0 Å². The van der Waals surface area contributed by atoms with Gasteiger partial charge in [0.2, 0.25) is 0 Å². The van der Waals surface area contributed by atoms with Gasteiger partial charge in [-0.1, -0.05) is 29.5 Å². The lowest BCUT2D eigenvalue weighted by Gasteiger charge is -2.03. The molecule has 4 nitrogen and oxygen atoms in total. The van der Waals surface area contributed by atoms with E-state index in [2.05, 4.69) is 4.98 Å². The van der Waals surface area contributed by atoms with E-state index < -0.39 is 16.7 Å². The van der Waals surface area contributed by atoms with Crippen LogP contribution in [0, 0.1) is 5.82 Å². The Labute approximate surface area is 106 Å². The van der Waals surface area contributed by atoms with Crippen molar-refractivity contribution in [3.8, 4) is 10.4 Å². The number of thiazole rings is 1. The van der Waals surface area contributed by atoms with E-state index in [-0.39, 0.29) is 22.7 Å². The Bertz CT molecular complexity index is 632. The summed E-state index contributed by atoms with van der Waals surface area (Å²) in [7, 11) is 0. The lowest BCUT2D eigenvalue weighted by molar-refractivity contribution is 0.0521. The topological polar surface area (TPSA) is 59.2 Å². The largest absolute Gasteiger partial charge is 0.461 e. The third-order valence-electron chi connectivity index (χ3n) is 2.25. The average molecular weight is 267 g/mol. The highest BCUT2D eigenvalue weighted by molar-refractivity contribution is 7.13. The molecule has 1 aromatic carbocycles. The summed E-state index contributed by atoms with van der Waals surface area (Å²) in [5.74, 6) is -1.15. The Hall–Kier alpha value is -1.95. The van der Waals surface area contributed by atoms with Crippen LogP contribution in [0.25, 0.3) is 10.4 Å². The molecular formula is C12H10FNO3S. The van der Waals surface area contributed by atoms with Gasteiger partial charge < -0.3 is 9.72 Å². The summed E-state index contributed by atoms with van der Waals surface area (Å²) < 4.78 is 18.5. The molecule has 0 fully saturated rings. The van der Waals surface area contributed by atoms with Gasteiger partial charge in [0.1, 0.15) is 11.5 Å². The summed E-state index contributed by atoms with van der Waals surface area (Å²) in [6, 6.07) is 5.96. The van der Waals surface area contributed by atoms with Crippen molar-refractivity contribution in [1.29, 1.82) is 0 Å². The molecule has 0 aliphatic heterocycles. The number of carbonyl (C=O) groups is 1. The van der Waals surface area contributed by atoms with Crippen LogP contribution in [0.3, 0.4) is 0 Å². The Kier molecular flexibility index (Phi) is 3.57. The van der Waals surface area contributed by atoms with Crippen LogP contribution in [0.4, 0.5) is 4.39 Å². The van der Waals surface area contributed by atoms with E-state index in [0.717, 1.165) is 11.3 Å². The van der Waals surface area contributed by atoms with Crippen LogP contribution in [0.5, 0.6) is 0 Å². The number of hydrogen-bond donors (Lipinski definition) is 1. The molecule has 0 atom stereocenters. The van der Waals surface area contributed by atoms with Crippen molar-refractivity contribution in [3.05, 3.63) is 45.4 Å². The predicted octanol–water partition coefficient (Wildman–Crippen LogP) is 2.42. The molecule has 18 heavy (non-hydrogen) atoms. The number of rotatable bonds is 3. The van der Waals surface area contributed by atoms with Crippen molar-refractivity contribution in [3.63, 3.8) is 0 Å². The van der Waals surface area contributed by atoms with E-state index in [1.165, 1.54) is 18.2 Å². The van der Waals surface area contributed by atoms with E-state index >= 15 is 0 Å². The maximum absolute atomic E-state index is 13.7. The monoisotopic (exact) mass is 267 g/mol. The molecule has 2 aromatic rings. The fourth-order valence-electron chi connectivity index (χ4n) is 1.51. The van der Waals surface area contributed by atoms with Crippen molar-refractivity contribution >= 4 is 17.3 Å². The quantitative estimate of drug-likeness (QED) is 0.869. The van der Waals surface area contributed by atoms with Gasteiger partial charge in [0.05, 0.1) is 11.5 Å². The highest BCUT2D eigenvalue weighted by Crippen LogP contribution is 2.28. The molecule has 0 amide bonds. The zero-order valence-electron chi connectivity index (χ0n) is 9.53. The number of hydrogen-bond acceptors (Lipinski definition) is 4. The second kappa shape index (κ2) is 5.14. The van der Waals surface area contributed by atoms with E-state index in [0.29, 0.717) is 0 Å². The molecule has 0 saturated heterocycles. The lowest BCUT2D eigenvalue weighted by atomic mass is 10.1. The Balaban J connectivity index is 2.55. The van der Waals surface area contributed by atoms with Gasteiger partial charge in [-0.25, -0.2) is 9.18 Å². The summed E-state index contributed by atoms with van der Waals surface area (Å²) in [5.41, 5.74) is 0.209. The van der Waals surface area contributed by atoms with Crippen molar-refractivity contribution in [1.82, 2.24) is 4.98 Å². The lowest BCUT2D eigenvalue weighted by Crippen LogP contribution is -2.08. The molecule has 0 unspecified atom stereocenters. The first-order chi connectivity index (χ1) is 8.63. The van der Waals surface area contributed by atoms with Gasteiger partial charge in [-0.2, -0.15) is 0 Å².